The Bertz CT molecular complexity index is 261. The number of rotatable bonds is 0. The maximum Gasteiger partial charge on any atom is 2.00 e. The molecule has 0 nitrogen and oxygen atoms in total. The van der Waals surface area contributed by atoms with E-state index in [0.29, 0.717) is 0 Å². The van der Waals surface area contributed by atoms with Crippen LogP contribution in [0.5, 0.6) is 0 Å². The van der Waals surface area contributed by atoms with E-state index in [0.717, 1.165) is 12.8 Å². The summed E-state index contributed by atoms with van der Waals surface area (Å²) in [6.45, 7) is 8.43. The molecule has 0 amide bonds. The van der Waals surface area contributed by atoms with Gasteiger partial charge in [-0.3, -0.25) is 12.2 Å². The summed E-state index contributed by atoms with van der Waals surface area (Å²) in [5, 5.41) is 0. The Labute approximate surface area is 104 Å². The summed E-state index contributed by atoms with van der Waals surface area (Å²) in [6, 6.07) is 0. The second kappa shape index (κ2) is 6.87. The zero-order chi connectivity index (χ0) is 10.6. The maximum absolute atomic E-state index is 3.19. The first kappa shape index (κ1) is 14.5. The van der Waals surface area contributed by atoms with E-state index in [4.69, 9.17) is 0 Å². The fourth-order valence-electron chi connectivity index (χ4n) is 1.30. The van der Waals surface area contributed by atoms with Crippen molar-refractivity contribution in [1.29, 1.82) is 0 Å². The zero-order valence-corrected chi connectivity index (χ0v) is 11.0. The molecule has 0 aromatic heterocycles. The third-order valence-corrected chi connectivity index (χ3v) is 2.73. The van der Waals surface area contributed by atoms with Crippen molar-refractivity contribution < 1.29 is 17.1 Å². The molecular formula is C14H18Fe. The first-order valence-corrected chi connectivity index (χ1v) is 5.10. The van der Waals surface area contributed by atoms with Gasteiger partial charge in [0.15, 0.2) is 0 Å². The summed E-state index contributed by atoms with van der Waals surface area (Å²) in [4.78, 5) is 0. The Hall–Kier alpha value is -0.521. The maximum atomic E-state index is 3.19. The van der Waals surface area contributed by atoms with Gasteiger partial charge in [-0.1, -0.05) is 13.8 Å². The van der Waals surface area contributed by atoms with Crippen molar-refractivity contribution in [2.24, 2.45) is 0 Å². The van der Waals surface area contributed by atoms with Gasteiger partial charge in [0.05, 0.1) is 0 Å². The van der Waals surface area contributed by atoms with E-state index in [-0.39, 0.29) is 17.1 Å². The second-order valence-corrected chi connectivity index (χ2v) is 3.79. The quantitative estimate of drug-likeness (QED) is 0.441. The van der Waals surface area contributed by atoms with Crippen LogP contribution in [0.4, 0.5) is 0 Å². The molecule has 82 valence electrons. The molecule has 0 atom stereocenters. The molecule has 0 saturated carbocycles. The van der Waals surface area contributed by atoms with E-state index in [1.807, 2.05) is 0 Å². The summed E-state index contributed by atoms with van der Waals surface area (Å²) in [7, 11) is 0. The molecule has 0 fully saturated rings. The van der Waals surface area contributed by atoms with Crippen molar-refractivity contribution >= 4 is 0 Å². The van der Waals surface area contributed by atoms with Crippen molar-refractivity contribution in [3.63, 3.8) is 0 Å². The summed E-state index contributed by atoms with van der Waals surface area (Å²) >= 11 is 0. The van der Waals surface area contributed by atoms with Crippen LogP contribution >= 0.6 is 0 Å². The summed E-state index contributed by atoms with van der Waals surface area (Å²) < 4.78 is 0. The van der Waals surface area contributed by atoms with Gasteiger partial charge in [-0.25, -0.2) is 22.3 Å². The van der Waals surface area contributed by atoms with Gasteiger partial charge in [-0.2, -0.15) is 12.2 Å². The molecule has 0 aromatic rings. The molecule has 0 bridgehead atoms. The largest absolute Gasteiger partial charge is 2.00 e. The van der Waals surface area contributed by atoms with Gasteiger partial charge in [-0.15, -0.1) is 26.7 Å². The second-order valence-electron chi connectivity index (χ2n) is 3.79. The fourth-order valence-corrected chi connectivity index (χ4v) is 1.30. The van der Waals surface area contributed by atoms with Crippen LogP contribution in [0, 0.1) is 12.2 Å². The van der Waals surface area contributed by atoms with Crippen LogP contribution in [0.3, 0.4) is 0 Å². The van der Waals surface area contributed by atoms with Crippen molar-refractivity contribution in [3.05, 3.63) is 46.6 Å². The van der Waals surface area contributed by atoms with E-state index < -0.39 is 0 Å². The minimum absolute atomic E-state index is 0. The predicted octanol–water partition coefficient (Wildman–Crippen LogP) is 4.17. The fraction of sp³-hybridized carbons (Fsp3) is 0.429. The molecule has 2 aliphatic carbocycles. The van der Waals surface area contributed by atoms with Crippen LogP contribution in [0.25, 0.3) is 0 Å². The molecule has 0 unspecified atom stereocenters. The topological polar surface area (TPSA) is 0 Å². The predicted molar refractivity (Wildman–Crippen MR) is 61.6 cm³/mol. The van der Waals surface area contributed by atoms with E-state index in [1.165, 1.54) is 22.3 Å². The molecule has 1 heteroatoms. The summed E-state index contributed by atoms with van der Waals surface area (Å²) in [6.07, 6.45) is 12.8. The van der Waals surface area contributed by atoms with Crippen molar-refractivity contribution in [2.75, 3.05) is 0 Å². The minimum atomic E-state index is 0. The van der Waals surface area contributed by atoms with Gasteiger partial charge < -0.3 is 0 Å². The average molecular weight is 242 g/mol. The van der Waals surface area contributed by atoms with Crippen molar-refractivity contribution in [2.45, 2.75) is 40.5 Å². The van der Waals surface area contributed by atoms with Gasteiger partial charge >= 0.3 is 17.1 Å². The molecule has 2 aliphatic rings. The van der Waals surface area contributed by atoms with Crippen LogP contribution in [0.1, 0.15) is 40.5 Å². The molecule has 2 rings (SSSR count). The van der Waals surface area contributed by atoms with Crippen LogP contribution in [0.2, 0.25) is 0 Å². The van der Waals surface area contributed by atoms with Crippen LogP contribution in [0.15, 0.2) is 34.4 Å². The summed E-state index contributed by atoms with van der Waals surface area (Å²) in [5.41, 5.74) is 5.42. The van der Waals surface area contributed by atoms with Crippen molar-refractivity contribution in [3.8, 4) is 0 Å². The molecular weight excluding hydrogens is 224 g/mol. The number of hydrogen-bond acceptors (Lipinski definition) is 0. The third kappa shape index (κ3) is 4.68. The van der Waals surface area contributed by atoms with Crippen LogP contribution in [-0.4, -0.2) is 0 Å². The molecule has 0 aromatic carbocycles. The Morgan fingerprint density at radius 2 is 1.13 bits per heavy atom. The molecule has 0 saturated heterocycles. The Morgan fingerprint density at radius 1 is 0.800 bits per heavy atom. The average Bonchev–Trinajstić information content (AvgIpc) is 2.67. The van der Waals surface area contributed by atoms with Crippen LogP contribution in [-0.2, 0) is 17.1 Å². The summed E-state index contributed by atoms with van der Waals surface area (Å²) in [5.74, 6) is 0. The van der Waals surface area contributed by atoms with E-state index in [2.05, 4.69) is 52.0 Å². The van der Waals surface area contributed by atoms with Crippen LogP contribution < -0.4 is 0 Å². The third-order valence-electron chi connectivity index (χ3n) is 2.73. The van der Waals surface area contributed by atoms with Gasteiger partial charge in [-0.05, 0) is 0 Å². The van der Waals surface area contributed by atoms with E-state index >= 15 is 0 Å². The smallest absolute Gasteiger partial charge is 0.270 e. The Morgan fingerprint density at radius 3 is 1.20 bits per heavy atom. The zero-order valence-electron chi connectivity index (χ0n) is 9.92. The van der Waals surface area contributed by atoms with E-state index in [1.54, 1.807) is 0 Å². The SMILES string of the molecule is CC1=[C-]CC=C1C.CC1=[C-]CC=C1C.[Fe+2]. The molecule has 0 heterocycles. The van der Waals surface area contributed by atoms with Crippen molar-refractivity contribution in [1.82, 2.24) is 0 Å². The molecule has 15 heavy (non-hydrogen) atoms. The van der Waals surface area contributed by atoms with Gasteiger partial charge in [0.1, 0.15) is 0 Å². The standard InChI is InChI=1S/2C7H9.Fe/c2*1-6-4-3-5-7(6)2;/h2*4H,3H2,1-2H3;/q2*-1;+2. The Kier molecular flexibility index (Phi) is 6.63. The first-order chi connectivity index (χ1) is 6.61. The molecule has 0 N–H and O–H groups in total. The molecule has 0 aliphatic heterocycles. The normalized spacial score (nSPS) is 17.9. The van der Waals surface area contributed by atoms with Gasteiger partial charge in [0.25, 0.3) is 0 Å². The van der Waals surface area contributed by atoms with Gasteiger partial charge in [0.2, 0.25) is 0 Å². The first-order valence-electron chi connectivity index (χ1n) is 5.10. The molecule has 0 spiro atoms. The van der Waals surface area contributed by atoms with Gasteiger partial charge in [0, 0.05) is 0 Å². The Balaban J connectivity index is 0.000000245. The van der Waals surface area contributed by atoms with E-state index in [9.17, 15) is 0 Å². The number of hydrogen-bond donors (Lipinski definition) is 0. The number of allylic oxidation sites excluding steroid dienone is 8. The minimum Gasteiger partial charge on any atom is -0.270 e. The monoisotopic (exact) mass is 242 g/mol. The molecule has 0 radical (unpaired) electrons.